The minimum Gasteiger partial charge on any atom is -0.352 e. The van der Waals surface area contributed by atoms with Crippen molar-refractivity contribution in [3.8, 4) is 16.9 Å². The van der Waals surface area contributed by atoms with E-state index in [2.05, 4.69) is 5.32 Å². The van der Waals surface area contributed by atoms with Crippen molar-refractivity contribution < 1.29 is 14.0 Å². The average Bonchev–Trinajstić information content (AvgIpc) is 3.26. The van der Waals surface area contributed by atoms with Gasteiger partial charge in [-0.1, -0.05) is 73.1 Å². The number of benzene rings is 3. The highest BCUT2D eigenvalue weighted by Gasteiger charge is 2.38. The number of para-hydroxylation sites is 1. The molecule has 9 heteroatoms. The van der Waals surface area contributed by atoms with E-state index >= 15 is 0 Å². The van der Waals surface area contributed by atoms with Crippen LogP contribution in [-0.2, 0) is 9.59 Å². The van der Waals surface area contributed by atoms with Gasteiger partial charge in [0.25, 0.3) is 0 Å². The molecule has 2 heterocycles. The second kappa shape index (κ2) is 11.6. The van der Waals surface area contributed by atoms with Crippen LogP contribution in [0.5, 0.6) is 0 Å². The lowest BCUT2D eigenvalue weighted by molar-refractivity contribution is -0.123. The topological polar surface area (TPSA) is 67.2 Å². The van der Waals surface area contributed by atoms with Gasteiger partial charge in [0.05, 0.1) is 27.4 Å². The number of fused-ring (bicyclic) bond motifs is 1. The summed E-state index contributed by atoms with van der Waals surface area (Å²) in [6, 6.07) is 23.2. The Morgan fingerprint density at radius 3 is 2.49 bits per heavy atom. The molecule has 2 unspecified atom stereocenters. The normalized spacial score (nSPS) is 15.9. The maximum atomic E-state index is 13.9. The first kappa shape index (κ1) is 27.0. The van der Waals surface area contributed by atoms with Crippen LogP contribution >= 0.6 is 23.4 Å². The van der Waals surface area contributed by atoms with Gasteiger partial charge in [0, 0.05) is 17.2 Å². The summed E-state index contributed by atoms with van der Waals surface area (Å²) in [5.74, 6) is -0.220. The van der Waals surface area contributed by atoms with E-state index in [1.54, 1.807) is 22.9 Å². The molecular formula is C30H28ClFN4O2S. The predicted molar refractivity (Wildman–Crippen MR) is 155 cm³/mol. The van der Waals surface area contributed by atoms with Gasteiger partial charge in [0.1, 0.15) is 18.2 Å². The number of hydrogen-bond acceptors (Lipinski definition) is 4. The predicted octanol–water partition coefficient (Wildman–Crippen LogP) is 6.42. The van der Waals surface area contributed by atoms with Crippen LogP contribution in [-0.4, -0.2) is 39.9 Å². The molecule has 5 rings (SSSR count). The molecule has 1 aromatic heterocycles. The number of carbonyl (C=O) groups excluding carboxylic acids is 2. The quantitative estimate of drug-likeness (QED) is 0.282. The Morgan fingerprint density at radius 1 is 1.10 bits per heavy atom. The lowest BCUT2D eigenvalue weighted by Crippen LogP contribution is -2.44. The van der Waals surface area contributed by atoms with Gasteiger partial charge in [-0.2, -0.15) is 5.10 Å². The molecule has 0 saturated carbocycles. The third kappa shape index (κ3) is 5.58. The van der Waals surface area contributed by atoms with Gasteiger partial charge in [0.15, 0.2) is 0 Å². The molecule has 0 saturated heterocycles. The Labute approximate surface area is 236 Å². The van der Waals surface area contributed by atoms with Gasteiger partial charge in [-0.15, -0.1) is 11.8 Å². The third-order valence-electron chi connectivity index (χ3n) is 6.71. The number of carbonyl (C=O) groups is 2. The first-order chi connectivity index (χ1) is 18.9. The lowest BCUT2D eigenvalue weighted by atomic mass is 9.99. The fraction of sp³-hybridized carbons (Fsp3) is 0.233. The summed E-state index contributed by atoms with van der Waals surface area (Å²) in [6.45, 7) is 3.75. The van der Waals surface area contributed by atoms with E-state index < -0.39 is 0 Å². The van der Waals surface area contributed by atoms with Gasteiger partial charge < -0.3 is 5.32 Å². The number of anilines is 1. The maximum absolute atomic E-state index is 13.9. The van der Waals surface area contributed by atoms with Crippen molar-refractivity contribution in [2.45, 2.75) is 31.6 Å². The zero-order chi connectivity index (χ0) is 27.5. The van der Waals surface area contributed by atoms with Crippen molar-refractivity contribution in [3.63, 3.8) is 0 Å². The molecule has 0 fully saturated rings. The standard InChI is InChI=1S/C30H28ClFN4O2S/c1-3-19(2)33-25(37)17-35-26(38)18-39-29(21-13-15-22(32)16-14-21)27-28(20-9-5-4-6-10-20)34-36(30(27)35)24-12-8-7-11-23(24)31/h4-16,19,29H,3,17-18H2,1-2H3,(H,33,37). The summed E-state index contributed by atoms with van der Waals surface area (Å²) in [4.78, 5) is 28.3. The molecule has 3 aromatic carbocycles. The summed E-state index contributed by atoms with van der Waals surface area (Å²) >= 11 is 8.09. The first-order valence-corrected chi connectivity index (χ1v) is 14.2. The first-order valence-electron chi connectivity index (χ1n) is 12.8. The molecule has 0 aliphatic carbocycles. The Balaban J connectivity index is 1.78. The second-order valence-electron chi connectivity index (χ2n) is 9.41. The number of thioether (sulfide) groups is 1. The summed E-state index contributed by atoms with van der Waals surface area (Å²) in [5, 5.41) is 8.09. The number of amides is 2. The highest BCUT2D eigenvalue weighted by atomic mass is 35.5. The monoisotopic (exact) mass is 562 g/mol. The number of nitrogens with zero attached hydrogens (tertiary/aromatic N) is 3. The number of aromatic nitrogens is 2. The average molecular weight is 563 g/mol. The van der Waals surface area contributed by atoms with Crippen LogP contribution in [0, 0.1) is 5.82 Å². The van der Waals surface area contributed by atoms with Crippen molar-refractivity contribution >= 4 is 41.0 Å². The van der Waals surface area contributed by atoms with Crippen molar-refractivity contribution in [2.75, 3.05) is 17.2 Å². The van der Waals surface area contributed by atoms with Gasteiger partial charge in [-0.25, -0.2) is 9.07 Å². The van der Waals surface area contributed by atoms with Crippen molar-refractivity contribution in [2.24, 2.45) is 0 Å². The second-order valence-corrected chi connectivity index (χ2v) is 10.9. The molecule has 1 aliphatic heterocycles. The van der Waals surface area contributed by atoms with Crippen LogP contribution in [0.15, 0.2) is 78.9 Å². The van der Waals surface area contributed by atoms with E-state index in [9.17, 15) is 14.0 Å². The van der Waals surface area contributed by atoms with E-state index in [1.807, 2.05) is 62.4 Å². The molecule has 0 bridgehead atoms. The molecule has 2 amide bonds. The molecule has 1 aliphatic rings. The van der Waals surface area contributed by atoms with Crippen molar-refractivity contribution in [1.29, 1.82) is 0 Å². The van der Waals surface area contributed by atoms with Gasteiger partial charge >= 0.3 is 0 Å². The van der Waals surface area contributed by atoms with Crippen LogP contribution in [0.25, 0.3) is 16.9 Å². The lowest BCUT2D eigenvalue weighted by Gasteiger charge is -2.24. The van der Waals surface area contributed by atoms with Crippen LogP contribution in [0.1, 0.15) is 36.6 Å². The number of hydrogen-bond donors (Lipinski definition) is 1. The molecular weight excluding hydrogens is 535 g/mol. The van der Waals surface area contributed by atoms with Crippen LogP contribution < -0.4 is 10.2 Å². The minimum atomic E-state index is -0.348. The van der Waals surface area contributed by atoms with Crippen LogP contribution in [0.4, 0.5) is 10.2 Å². The number of halogens is 2. The largest absolute Gasteiger partial charge is 0.352 e. The summed E-state index contributed by atoms with van der Waals surface area (Å²) < 4.78 is 15.6. The molecule has 1 N–H and O–H groups in total. The highest BCUT2D eigenvalue weighted by Crippen LogP contribution is 2.48. The SMILES string of the molecule is CCC(C)NC(=O)CN1C(=O)CSC(c2ccc(F)cc2)c2c(-c3ccccc3)nn(-c3ccccc3Cl)c21. The summed E-state index contributed by atoms with van der Waals surface area (Å²) in [5.41, 5.74) is 3.69. The van der Waals surface area contributed by atoms with Crippen molar-refractivity contribution in [1.82, 2.24) is 15.1 Å². The number of nitrogens with one attached hydrogen (secondary N) is 1. The van der Waals surface area contributed by atoms with Gasteiger partial charge in [-0.3, -0.25) is 14.5 Å². The molecule has 6 nitrogen and oxygen atoms in total. The van der Waals surface area contributed by atoms with Crippen LogP contribution in [0.3, 0.4) is 0 Å². The van der Waals surface area contributed by atoms with E-state index in [-0.39, 0.29) is 41.2 Å². The Bertz CT molecular complexity index is 1490. The maximum Gasteiger partial charge on any atom is 0.240 e. The van der Waals surface area contributed by atoms with Gasteiger partial charge in [0.2, 0.25) is 11.8 Å². The highest BCUT2D eigenvalue weighted by molar-refractivity contribution is 8.00. The minimum absolute atomic E-state index is 0.0336. The van der Waals surface area contributed by atoms with Crippen LogP contribution in [0.2, 0.25) is 5.02 Å². The zero-order valence-corrected chi connectivity index (χ0v) is 23.2. The van der Waals surface area contributed by atoms with E-state index in [1.165, 1.54) is 28.8 Å². The summed E-state index contributed by atoms with van der Waals surface area (Å²) in [6.07, 6.45) is 0.767. The Morgan fingerprint density at radius 2 is 1.79 bits per heavy atom. The zero-order valence-electron chi connectivity index (χ0n) is 21.6. The fourth-order valence-corrected chi connectivity index (χ4v) is 6.00. The molecule has 0 radical (unpaired) electrons. The van der Waals surface area contributed by atoms with E-state index in [0.717, 1.165) is 23.1 Å². The Hall–Kier alpha value is -3.62. The van der Waals surface area contributed by atoms with Gasteiger partial charge in [-0.05, 0) is 43.2 Å². The third-order valence-corrected chi connectivity index (χ3v) is 8.29. The summed E-state index contributed by atoms with van der Waals surface area (Å²) in [7, 11) is 0. The molecule has 39 heavy (non-hydrogen) atoms. The van der Waals surface area contributed by atoms with E-state index in [0.29, 0.717) is 22.2 Å². The fourth-order valence-electron chi connectivity index (χ4n) is 4.59. The smallest absolute Gasteiger partial charge is 0.240 e. The molecule has 0 spiro atoms. The van der Waals surface area contributed by atoms with E-state index in [4.69, 9.17) is 16.7 Å². The van der Waals surface area contributed by atoms with Crippen molar-refractivity contribution in [3.05, 3.63) is 101 Å². The molecule has 200 valence electrons. The number of rotatable bonds is 7. The molecule has 2 atom stereocenters. The Kier molecular flexibility index (Phi) is 8.04. The molecule has 4 aromatic rings.